The van der Waals surface area contributed by atoms with Gasteiger partial charge in [-0.15, -0.1) is 0 Å². The number of aromatic nitrogens is 2. The Hall–Kier alpha value is -1.85. The van der Waals surface area contributed by atoms with Gasteiger partial charge < -0.3 is 10.4 Å². The second-order valence-corrected chi connectivity index (χ2v) is 4.33. The SMILES string of the molecule is CC(C(=O)O)C(C)C(=O)NCCCn1cccn1. The molecule has 0 fully saturated rings. The molecule has 18 heavy (non-hydrogen) atoms. The van der Waals surface area contributed by atoms with Gasteiger partial charge in [-0.25, -0.2) is 0 Å². The minimum atomic E-state index is -0.950. The molecule has 6 nitrogen and oxygen atoms in total. The molecular formula is C12H19N3O3. The summed E-state index contributed by atoms with van der Waals surface area (Å²) in [6.07, 6.45) is 4.33. The molecule has 2 N–H and O–H groups in total. The van der Waals surface area contributed by atoms with Crippen LogP contribution < -0.4 is 5.32 Å². The molecule has 6 heteroatoms. The third kappa shape index (κ3) is 4.20. The standard InChI is InChI=1S/C12H19N3O3/c1-9(10(2)12(17)18)11(16)13-5-3-7-15-8-4-6-14-15/h4,6,8-10H,3,5,7H2,1-2H3,(H,13,16)(H,17,18). The van der Waals surface area contributed by atoms with Crippen LogP contribution in [0.3, 0.4) is 0 Å². The summed E-state index contributed by atoms with van der Waals surface area (Å²) in [7, 11) is 0. The summed E-state index contributed by atoms with van der Waals surface area (Å²) in [5.41, 5.74) is 0. The van der Waals surface area contributed by atoms with Gasteiger partial charge in [0, 0.05) is 31.4 Å². The van der Waals surface area contributed by atoms with E-state index in [0.29, 0.717) is 6.54 Å². The normalized spacial score (nSPS) is 13.9. The monoisotopic (exact) mass is 253 g/mol. The van der Waals surface area contributed by atoms with Crippen LogP contribution in [-0.2, 0) is 16.1 Å². The molecule has 1 aromatic rings. The van der Waals surface area contributed by atoms with Crippen molar-refractivity contribution in [2.75, 3.05) is 6.54 Å². The van der Waals surface area contributed by atoms with Gasteiger partial charge in [0.25, 0.3) is 0 Å². The van der Waals surface area contributed by atoms with E-state index in [0.717, 1.165) is 13.0 Å². The lowest BCUT2D eigenvalue weighted by Gasteiger charge is -2.15. The van der Waals surface area contributed by atoms with Crippen LogP contribution in [0.25, 0.3) is 0 Å². The van der Waals surface area contributed by atoms with Gasteiger partial charge in [-0.1, -0.05) is 13.8 Å². The van der Waals surface area contributed by atoms with Crippen LogP contribution in [0, 0.1) is 11.8 Å². The van der Waals surface area contributed by atoms with Crippen molar-refractivity contribution in [3.8, 4) is 0 Å². The van der Waals surface area contributed by atoms with E-state index in [2.05, 4.69) is 10.4 Å². The highest BCUT2D eigenvalue weighted by atomic mass is 16.4. The van der Waals surface area contributed by atoms with Gasteiger partial charge in [-0.05, 0) is 12.5 Å². The van der Waals surface area contributed by atoms with E-state index in [1.165, 1.54) is 6.92 Å². The molecule has 0 saturated heterocycles. The number of aliphatic carboxylic acids is 1. The molecule has 0 aliphatic carbocycles. The van der Waals surface area contributed by atoms with Crippen LogP contribution in [0.5, 0.6) is 0 Å². The third-order valence-electron chi connectivity index (χ3n) is 2.98. The Labute approximate surface area is 106 Å². The second-order valence-electron chi connectivity index (χ2n) is 4.33. The van der Waals surface area contributed by atoms with Gasteiger partial charge in [0.2, 0.25) is 5.91 Å². The number of rotatable bonds is 7. The zero-order chi connectivity index (χ0) is 13.5. The van der Waals surface area contributed by atoms with E-state index in [9.17, 15) is 9.59 Å². The van der Waals surface area contributed by atoms with Crippen LogP contribution in [0.15, 0.2) is 18.5 Å². The van der Waals surface area contributed by atoms with Gasteiger partial charge in [0.05, 0.1) is 5.92 Å². The Kier molecular flexibility index (Phi) is 5.35. The number of carboxylic acid groups (broad SMARTS) is 1. The summed E-state index contributed by atoms with van der Waals surface area (Å²) in [6, 6.07) is 1.84. The maximum atomic E-state index is 11.7. The van der Waals surface area contributed by atoms with E-state index in [1.54, 1.807) is 17.8 Å². The Morgan fingerprint density at radius 3 is 2.67 bits per heavy atom. The fourth-order valence-corrected chi connectivity index (χ4v) is 1.49. The molecule has 1 amide bonds. The van der Waals surface area contributed by atoms with Crippen molar-refractivity contribution >= 4 is 11.9 Å². The summed E-state index contributed by atoms with van der Waals surface area (Å²) in [5, 5.41) is 15.6. The van der Waals surface area contributed by atoms with E-state index >= 15 is 0 Å². The maximum absolute atomic E-state index is 11.7. The molecular weight excluding hydrogens is 234 g/mol. The van der Waals surface area contributed by atoms with Crippen molar-refractivity contribution in [3.63, 3.8) is 0 Å². The first-order valence-corrected chi connectivity index (χ1v) is 6.00. The third-order valence-corrected chi connectivity index (χ3v) is 2.98. The number of hydrogen-bond donors (Lipinski definition) is 2. The number of nitrogens with one attached hydrogen (secondary N) is 1. The minimum Gasteiger partial charge on any atom is -0.481 e. The average molecular weight is 253 g/mol. The highest BCUT2D eigenvalue weighted by Gasteiger charge is 2.25. The predicted octanol–water partition coefficient (Wildman–Crippen LogP) is 0.746. The lowest BCUT2D eigenvalue weighted by Crippen LogP contribution is -2.35. The van der Waals surface area contributed by atoms with Crippen molar-refractivity contribution in [1.29, 1.82) is 0 Å². The van der Waals surface area contributed by atoms with Crippen LogP contribution in [0.4, 0.5) is 0 Å². The van der Waals surface area contributed by atoms with Crippen molar-refractivity contribution < 1.29 is 14.7 Å². The fourth-order valence-electron chi connectivity index (χ4n) is 1.49. The van der Waals surface area contributed by atoms with Crippen molar-refractivity contribution in [2.24, 2.45) is 11.8 Å². The molecule has 1 heterocycles. The maximum Gasteiger partial charge on any atom is 0.307 e. The zero-order valence-corrected chi connectivity index (χ0v) is 10.7. The van der Waals surface area contributed by atoms with Crippen molar-refractivity contribution in [2.45, 2.75) is 26.8 Å². The molecule has 100 valence electrons. The van der Waals surface area contributed by atoms with E-state index in [-0.39, 0.29) is 5.91 Å². The fraction of sp³-hybridized carbons (Fsp3) is 0.583. The molecule has 0 aliphatic rings. The van der Waals surface area contributed by atoms with Gasteiger partial charge in [0.1, 0.15) is 0 Å². The lowest BCUT2D eigenvalue weighted by molar-refractivity contribution is -0.146. The van der Waals surface area contributed by atoms with E-state index in [1.807, 2.05) is 12.3 Å². The molecule has 0 spiro atoms. The summed E-state index contributed by atoms with van der Waals surface area (Å²) in [6.45, 7) is 4.42. The number of hydrogen-bond acceptors (Lipinski definition) is 3. The van der Waals surface area contributed by atoms with Gasteiger partial charge in [-0.3, -0.25) is 14.3 Å². The second kappa shape index (κ2) is 6.78. The van der Waals surface area contributed by atoms with Gasteiger partial charge in [-0.2, -0.15) is 5.10 Å². The van der Waals surface area contributed by atoms with E-state index < -0.39 is 17.8 Å². The lowest BCUT2D eigenvalue weighted by atomic mass is 9.95. The van der Waals surface area contributed by atoms with Gasteiger partial charge >= 0.3 is 5.97 Å². The van der Waals surface area contributed by atoms with Crippen LogP contribution in [-0.4, -0.2) is 33.3 Å². The summed E-state index contributed by atoms with van der Waals surface area (Å²) >= 11 is 0. The topological polar surface area (TPSA) is 84.2 Å². The first-order valence-electron chi connectivity index (χ1n) is 6.00. The molecule has 2 atom stereocenters. The number of carboxylic acids is 1. The first-order chi connectivity index (χ1) is 8.52. The first kappa shape index (κ1) is 14.2. The molecule has 0 radical (unpaired) electrons. The summed E-state index contributed by atoms with van der Waals surface area (Å²) in [4.78, 5) is 22.4. The molecule has 0 aromatic carbocycles. The summed E-state index contributed by atoms with van der Waals surface area (Å²) in [5.74, 6) is -2.36. The average Bonchev–Trinajstić information content (AvgIpc) is 2.85. The zero-order valence-electron chi connectivity index (χ0n) is 10.7. The van der Waals surface area contributed by atoms with Gasteiger partial charge in [0.15, 0.2) is 0 Å². The van der Waals surface area contributed by atoms with Crippen LogP contribution >= 0.6 is 0 Å². The number of aryl methyl sites for hydroxylation is 1. The molecule has 0 saturated carbocycles. The Balaban J connectivity index is 2.22. The largest absolute Gasteiger partial charge is 0.481 e. The van der Waals surface area contributed by atoms with Crippen LogP contribution in [0.1, 0.15) is 20.3 Å². The Morgan fingerprint density at radius 2 is 2.11 bits per heavy atom. The van der Waals surface area contributed by atoms with Crippen molar-refractivity contribution in [1.82, 2.24) is 15.1 Å². The molecule has 1 aromatic heterocycles. The highest BCUT2D eigenvalue weighted by molar-refractivity contribution is 5.84. The molecule has 1 rings (SSSR count). The highest BCUT2D eigenvalue weighted by Crippen LogP contribution is 2.10. The Bertz CT molecular complexity index is 389. The number of amides is 1. The Morgan fingerprint density at radius 1 is 1.39 bits per heavy atom. The molecule has 0 aliphatic heterocycles. The smallest absolute Gasteiger partial charge is 0.307 e. The number of carbonyl (C=O) groups excluding carboxylic acids is 1. The molecule has 0 bridgehead atoms. The number of carbonyl (C=O) groups is 2. The van der Waals surface area contributed by atoms with E-state index in [4.69, 9.17) is 5.11 Å². The summed E-state index contributed by atoms with van der Waals surface area (Å²) < 4.78 is 1.79. The van der Waals surface area contributed by atoms with Crippen molar-refractivity contribution in [3.05, 3.63) is 18.5 Å². The quantitative estimate of drug-likeness (QED) is 0.702. The minimum absolute atomic E-state index is 0.217. The number of nitrogens with zero attached hydrogens (tertiary/aromatic N) is 2. The predicted molar refractivity (Wildman–Crippen MR) is 65.8 cm³/mol. The molecule has 2 unspecified atom stereocenters. The van der Waals surface area contributed by atoms with Crippen LogP contribution in [0.2, 0.25) is 0 Å².